The molecule has 8 heteroatoms. The van der Waals surface area contributed by atoms with Crippen LogP contribution < -0.4 is 16.4 Å². The summed E-state index contributed by atoms with van der Waals surface area (Å²) < 4.78 is 0. The van der Waals surface area contributed by atoms with E-state index in [-0.39, 0.29) is 6.54 Å². The molecule has 6 nitrogen and oxygen atoms in total. The Morgan fingerprint density at radius 1 is 1.13 bits per heavy atom. The van der Waals surface area contributed by atoms with Crippen LogP contribution in [0.2, 0.25) is 10.0 Å². The highest BCUT2D eigenvalue weighted by molar-refractivity contribution is 6.42. The van der Waals surface area contributed by atoms with Gasteiger partial charge < -0.3 is 16.4 Å². The number of anilines is 1. The average Bonchev–Trinajstić information content (AvgIpc) is 3.12. The number of halogens is 2. The molecule has 1 fully saturated rings. The molecule has 0 spiro atoms. The Labute approximate surface area is 186 Å². The van der Waals surface area contributed by atoms with Crippen LogP contribution in [0.25, 0.3) is 0 Å². The second kappa shape index (κ2) is 9.25. The van der Waals surface area contributed by atoms with Gasteiger partial charge >= 0.3 is 6.03 Å². The number of amides is 3. The number of rotatable bonds is 5. The molecule has 2 aromatic carbocycles. The zero-order chi connectivity index (χ0) is 21.9. The normalized spacial score (nSPS) is 18.5. The third-order valence-corrected chi connectivity index (χ3v) is 6.06. The molecule has 30 heavy (non-hydrogen) atoms. The molecule has 1 atom stereocenters. The molecule has 0 saturated carbocycles. The molecule has 1 heterocycles. The van der Waals surface area contributed by atoms with E-state index < -0.39 is 17.6 Å². The van der Waals surface area contributed by atoms with E-state index in [0.29, 0.717) is 41.0 Å². The Hall–Kier alpha value is -2.28. The zero-order valence-electron chi connectivity index (χ0n) is 17.0. The molecular weight excluding hydrogens is 423 g/mol. The van der Waals surface area contributed by atoms with E-state index in [1.807, 2.05) is 24.3 Å². The lowest BCUT2D eigenvalue weighted by molar-refractivity contribution is -0.130. The van der Waals surface area contributed by atoms with Crippen molar-refractivity contribution in [2.75, 3.05) is 11.9 Å². The number of likely N-dealkylation sites (tertiary alicyclic amines) is 1. The minimum absolute atomic E-state index is 0.237. The van der Waals surface area contributed by atoms with Gasteiger partial charge in [0.25, 0.3) is 5.91 Å². The van der Waals surface area contributed by atoms with Crippen LogP contribution in [-0.2, 0) is 11.3 Å². The van der Waals surface area contributed by atoms with Gasteiger partial charge in [-0.05, 0) is 54.2 Å². The SMILES string of the molecule is CC(C)c1ccc(NC(=O)N2CCC[C@@]2(N)C(=O)NCc2ccc(Cl)c(Cl)c2)cc1. The second-order valence-electron chi connectivity index (χ2n) is 7.82. The first kappa shape index (κ1) is 22.4. The molecule has 2 aromatic rings. The molecule has 3 rings (SSSR count). The van der Waals surface area contributed by atoms with Crippen LogP contribution in [0.5, 0.6) is 0 Å². The van der Waals surface area contributed by atoms with Gasteiger partial charge in [-0.3, -0.25) is 9.69 Å². The molecule has 1 saturated heterocycles. The Morgan fingerprint density at radius 2 is 1.83 bits per heavy atom. The van der Waals surface area contributed by atoms with Gasteiger partial charge in [-0.1, -0.05) is 55.2 Å². The maximum atomic E-state index is 12.9. The number of nitrogens with two attached hydrogens (primary N) is 1. The van der Waals surface area contributed by atoms with Crippen molar-refractivity contribution in [3.63, 3.8) is 0 Å². The standard InChI is InChI=1S/C22H26Cl2N4O2/c1-14(2)16-5-7-17(8-6-16)27-21(30)28-11-3-10-22(28,25)20(29)26-13-15-4-9-18(23)19(24)12-15/h4-9,12,14H,3,10-11,13,25H2,1-2H3,(H,26,29)(H,27,30)/t22-/m0/s1. The largest absolute Gasteiger partial charge is 0.349 e. The topological polar surface area (TPSA) is 87.5 Å². The molecular formula is C22H26Cl2N4O2. The van der Waals surface area contributed by atoms with Crippen molar-refractivity contribution in [2.24, 2.45) is 5.73 Å². The summed E-state index contributed by atoms with van der Waals surface area (Å²) in [5, 5.41) is 6.51. The molecule has 1 aliphatic rings. The maximum Gasteiger partial charge on any atom is 0.323 e. The van der Waals surface area contributed by atoms with Gasteiger partial charge in [0.2, 0.25) is 0 Å². The minimum Gasteiger partial charge on any atom is -0.349 e. The molecule has 0 aliphatic carbocycles. The van der Waals surface area contributed by atoms with Crippen molar-refractivity contribution in [3.8, 4) is 0 Å². The highest BCUT2D eigenvalue weighted by atomic mass is 35.5. The summed E-state index contributed by atoms with van der Waals surface area (Å²) in [5.74, 6) is 0.000575. The number of carbonyl (C=O) groups is 2. The number of nitrogens with one attached hydrogen (secondary N) is 2. The first-order valence-corrected chi connectivity index (χ1v) is 10.7. The first-order valence-electron chi connectivity index (χ1n) is 9.90. The fourth-order valence-corrected chi connectivity index (χ4v) is 3.81. The summed E-state index contributed by atoms with van der Waals surface area (Å²) in [6.07, 6.45) is 1.04. The summed E-state index contributed by atoms with van der Waals surface area (Å²) in [4.78, 5) is 27.1. The molecule has 160 valence electrons. The lowest BCUT2D eigenvalue weighted by atomic mass is 10.0. The summed E-state index contributed by atoms with van der Waals surface area (Å²) in [7, 11) is 0. The summed E-state index contributed by atoms with van der Waals surface area (Å²) in [5.41, 5.74) is 7.62. The third kappa shape index (κ3) is 4.89. The highest BCUT2D eigenvalue weighted by Gasteiger charge is 2.46. The van der Waals surface area contributed by atoms with Crippen LogP contribution in [0.1, 0.15) is 43.7 Å². The van der Waals surface area contributed by atoms with Gasteiger partial charge in [0.05, 0.1) is 10.0 Å². The summed E-state index contributed by atoms with van der Waals surface area (Å²) in [6, 6.07) is 12.4. The van der Waals surface area contributed by atoms with Gasteiger partial charge in [-0.25, -0.2) is 4.79 Å². The second-order valence-corrected chi connectivity index (χ2v) is 8.63. The monoisotopic (exact) mass is 448 g/mol. The van der Waals surface area contributed by atoms with Crippen molar-refractivity contribution in [3.05, 3.63) is 63.6 Å². The molecule has 0 aromatic heterocycles. The Kier molecular flexibility index (Phi) is 6.91. The molecule has 3 amide bonds. The van der Waals surface area contributed by atoms with Gasteiger partial charge in [-0.2, -0.15) is 0 Å². The molecule has 1 aliphatic heterocycles. The summed E-state index contributed by atoms with van der Waals surface area (Å²) in [6.45, 7) is 4.86. The van der Waals surface area contributed by atoms with E-state index in [1.54, 1.807) is 18.2 Å². The van der Waals surface area contributed by atoms with Crippen molar-refractivity contribution < 1.29 is 9.59 Å². The maximum absolute atomic E-state index is 12.9. The number of urea groups is 1. The Bertz CT molecular complexity index is 933. The highest BCUT2D eigenvalue weighted by Crippen LogP contribution is 2.27. The fourth-order valence-electron chi connectivity index (χ4n) is 3.49. The van der Waals surface area contributed by atoms with Crippen molar-refractivity contribution in [1.82, 2.24) is 10.2 Å². The van der Waals surface area contributed by atoms with E-state index >= 15 is 0 Å². The Balaban J connectivity index is 1.65. The number of hydrogen-bond acceptors (Lipinski definition) is 3. The Morgan fingerprint density at radius 3 is 2.47 bits per heavy atom. The first-order chi connectivity index (χ1) is 14.2. The van der Waals surface area contributed by atoms with Gasteiger partial charge in [0, 0.05) is 18.8 Å². The van der Waals surface area contributed by atoms with Crippen molar-refractivity contribution >= 4 is 40.8 Å². The fraction of sp³-hybridized carbons (Fsp3) is 0.364. The number of nitrogens with zero attached hydrogens (tertiary/aromatic N) is 1. The molecule has 0 radical (unpaired) electrons. The average molecular weight is 449 g/mol. The van der Waals surface area contributed by atoms with Gasteiger partial charge in [0.1, 0.15) is 0 Å². The zero-order valence-corrected chi connectivity index (χ0v) is 18.6. The number of hydrogen-bond donors (Lipinski definition) is 3. The van der Waals surface area contributed by atoms with Crippen LogP contribution >= 0.6 is 23.2 Å². The van der Waals surface area contributed by atoms with E-state index in [9.17, 15) is 9.59 Å². The van der Waals surface area contributed by atoms with Crippen LogP contribution in [0.4, 0.5) is 10.5 Å². The van der Waals surface area contributed by atoms with E-state index in [4.69, 9.17) is 28.9 Å². The smallest absolute Gasteiger partial charge is 0.323 e. The predicted octanol–water partition coefficient (Wildman–Crippen LogP) is 4.72. The minimum atomic E-state index is -1.40. The lowest BCUT2D eigenvalue weighted by Gasteiger charge is -2.33. The lowest BCUT2D eigenvalue weighted by Crippen LogP contribution is -2.64. The third-order valence-electron chi connectivity index (χ3n) is 5.33. The van der Waals surface area contributed by atoms with E-state index in [0.717, 1.165) is 5.56 Å². The number of benzene rings is 2. The van der Waals surface area contributed by atoms with Gasteiger partial charge in [0.15, 0.2) is 5.66 Å². The summed E-state index contributed by atoms with van der Waals surface area (Å²) >= 11 is 11.9. The predicted molar refractivity (Wildman–Crippen MR) is 121 cm³/mol. The number of carbonyl (C=O) groups excluding carboxylic acids is 2. The quantitative estimate of drug-likeness (QED) is 0.618. The molecule has 0 bridgehead atoms. The van der Waals surface area contributed by atoms with Crippen LogP contribution in [0, 0.1) is 0 Å². The van der Waals surface area contributed by atoms with Crippen molar-refractivity contribution in [1.29, 1.82) is 0 Å². The molecule has 4 N–H and O–H groups in total. The molecule has 0 unspecified atom stereocenters. The van der Waals surface area contributed by atoms with Crippen LogP contribution in [0.15, 0.2) is 42.5 Å². The van der Waals surface area contributed by atoms with E-state index in [2.05, 4.69) is 24.5 Å². The van der Waals surface area contributed by atoms with Crippen LogP contribution in [0.3, 0.4) is 0 Å². The van der Waals surface area contributed by atoms with Gasteiger partial charge in [-0.15, -0.1) is 0 Å². The van der Waals surface area contributed by atoms with Crippen molar-refractivity contribution in [2.45, 2.75) is 44.8 Å². The van der Waals surface area contributed by atoms with Crippen LogP contribution in [-0.4, -0.2) is 29.0 Å². The van der Waals surface area contributed by atoms with E-state index in [1.165, 1.54) is 10.5 Å².